The van der Waals surface area contributed by atoms with E-state index in [1.807, 2.05) is 0 Å². The Balaban J connectivity index is 1.71. The van der Waals surface area contributed by atoms with E-state index in [1.165, 1.54) is 7.11 Å². The number of halogens is 4. The smallest absolute Gasteiger partial charge is 0.410 e. The fourth-order valence-electron chi connectivity index (χ4n) is 3.85. The number of hydrogen-bond donors (Lipinski definition) is 1. The standard InChI is InChI=1S/C19H20ClF3N4O2/c1-29-12-6-4-11(5-7-12)13-10-14(19(21,22)23)27-17(24-13)15(20)16(25-27)18(28)26-8-2-3-9-26/h4-7,13-14,24H,2-3,8-10H2,1H3/t13-,14+/m1/s1. The van der Waals surface area contributed by atoms with E-state index in [0.717, 1.165) is 17.5 Å². The molecule has 1 N–H and O–H groups in total. The molecule has 2 aliphatic heterocycles. The van der Waals surface area contributed by atoms with Crippen LogP contribution in [0.3, 0.4) is 0 Å². The van der Waals surface area contributed by atoms with Gasteiger partial charge in [-0.1, -0.05) is 23.7 Å². The maximum Gasteiger partial charge on any atom is 0.410 e. The summed E-state index contributed by atoms with van der Waals surface area (Å²) in [5.41, 5.74) is 0.525. The average molecular weight is 429 g/mol. The lowest BCUT2D eigenvalue weighted by molar-refractivity contribution is -0.173. The number of amides is 1. The van der Waals surface area contributed by atoms with Gasteiger partial charge in [0.05, 0.1) is 13.2 Å². The van der Waals surface area contributed by atoms with Crippen LogP contribution >= 0.6 is 11.6 Å². The quantitative estimate of drug-likeness (QED) is 0.785. The molecule has 4 rings (SSSR count). The average Bonchev–Trinajstić information content (AvgIpc) is 3.35. The second-order valence-electron chi connectivity index (χ2n) is 7.22. The summed E-state index contributed by atoms with van der Waals surface area (Å²) in [5, 5.41) is 6.96. The third kappa shape index (κ3) is 3.63. The molecular formula is C19H20ClF3N4O2. The van der Waals surface area contributed by atoms with Gasteiger partial charge in [0.1, 0.15) is 16.6 Å². The lowest BCUT2D eigenvalue weighted by atomic mass is 9.97. The number of alkyl halides is 3. The van der Waals surface area contributed by atoms with Gasteiger partial charge < -0.3 is 15.0 Å². The van der Waals surface area contributed by atoms with Crippen molar-refractivity contribution in [2.45, 2.75) is 37.5 Å². The Morgan fingerprint density at radius 1 is 1.24 bits per heavy atom. The minimum Gasteiger partial charge on any atom is -0.497 e. The van der Waals surface area contributed by atoms with Gasteiger partial charge >= 0.3 is 6.18 Å². The maximum atomic E-state index is 13.8. The lowest BCUT2D eigenvalue weighted by Crippen LogP contribution is -2.36. The summed E-state index contributed by atoms with van der Waals surface area (Å²) in [6, 6.07) is 4.28. The van der Waals surface area contributed by atoms with Gasteiger partial charge in [0.2, 0.25) is 0 Å². The van der Waals surface area contributed by atoms with Gasteiger partial charge in [0.15, 0.2) is 11.7 Å². The third-order valence-electron chi connectivity index (χ3n) is 5.41. The number of aromatic nitrogens is 2. The highest BCUT2D eigenvalue weighted by molar-refractivity contribution is 6.36. The molecule has 2 atom stereocenters. The Morgan fingerprint density at radius 3 is 2.48 bits per heavy atom. The van der Waals surface area contributed by atoms with E-state index in [2.05, 4.69) is 10.4 Å². The van der Waals surface area contributed by atoms with Crippen molar-refractivity contribution in [2.75, 3.05) is 25.5 Å². The number of hydrogen-bond acceptors (Lipinski definition) is 4. The zero-order chi connectivity index (χ0) is 20.8. The molecule has 0 saturated carbocycles. The van der Waals surface area contributed by atoms with Crippen LogP contribution in [0.5, 0.6) is 5.75 Å². The predicted molar refractivity (Wildman–Crippen MR) is 101 cm³/mol. The monoisotopic (exact) mass is 428 g/mol. The van der Waals surface area contributed by atoms with Crippen LogP contribution in [0.1, 0.15) is 47.4 Å². The molecule has 0 unspecified atom stereocenters. The van der Waals surface area contributed by atoms with Crippen molar-refractivity contribution in [2.24, 2.45) is 0 Å². The van der Waals surface area contributed by atoms with Crippen molar-refractivity contribution in [3.05, 3.63) is 40.5 Å². The minimum absolute atomic E-state index is 0.0172. The van der Waals surface area contributed by atoms with Crippen LogP contribution in [0.2, 0.25) is 5.02 Å². The molecule has 2 aliphatic rings. The first-order chi connectivity index (χ1) is 13.8. The largest absolute Gasteiger partial charge is 0.497 e. The summed E-state index contributed by atoms with van der Waals surface area (Å²) in [6.07, 6.45) is -3.08. The van der Waals surface area contributed by atoms with Crippen LogP contribution < -0.4 is 10.1 Å². The van der Waals surface area contributed by atoms with Gasteiger partial charge in [0.25, 0.3) is 5.91 Å². The summed E-state index contributed by atoms with van der Waals surface area (Å²) in [7, 11) is 1.52. The van der Waals surface area contributed by atoms with E-state index in [9.17, 15) is 18.0 Å². The number of rotatable bonds is 3. The van der Waals surface area contributed by atoms with Crippen LogP contribution in [-0.4, -0.2) is 47.0 Å². The highest BCUT2D eigenvalue weighted by Crippen LogP contribution is 2.46. The highest BCUT2D eigenvalue weighted by Gasteiger charge is 2.48. The SMILES string of the molecule is COc1ccc([C@H]2C[C@@H](C(F)(F)F)n3nc(C(=O)N4CCCC4)c(Cl)c3N2)cc1. The number of likely N-dealkylation sites (tertiary alicyclic amines) is 1. The maximum absolute atomic E-state index is 13.8. The second-order valence-corrected chi connectivity index (χ2v) is 7.60. The summed E-state index contributed by atoms with van der Waals surface area (Å²) in [6.45, 7) is 1.11. The zero-order valence-electron chi connectivity index (χ0n) is 15.7. The zero-order valence-corrected chi connectivity index (χ0v) is 16.4. The molecular weight excluding hydrogens is 409 g/mol. The Morgan fingerprint density at radius 2 is 1.90 bits per heavy atom. The first-order valence-corrected chi connectivity index (χ1v) is 9.72. The van der Waals surface area contributed by atoms with Crippen LogP contribution in [0.25, 0.3) is 0 Å². The minimum atomic E-state index is -4.54. The van der Waals surface area contributed by atoms with Gasteiger partial charge in [0, 0.05) is 19.5 Å². The normalized spacial score (nSPS) is 21.6. The van der Waals surface area contributed by atoms with Crippen LogP contribution in [0, 0.1) is 0 Å². The third-order valence-corrected chi connectivity index (χ3v) is 5.77. The molecule has 3 heterocycles. The number of nitrogens with one attached hydrogen (secondary N) is 1. The number of carbonyl (C=O) groups is 1. The van der Waals surface area contributed by atoms with E-state index in [0.29, 0.717) is 24.4 Å². The highest BCUT2D eigenvalue weighted by atomic mass is 35.5. The van der Waals surface area contributed by atoms with Crippen molar-refractivity contribution in [3.63, 3.8) is 0 Å². The van der Waals surface area contributed by atoms with Gasteiger partial charge in [-0.25, -0.2) is 4.68 Å². The molecule has 1 amide bonds. The molecule has 2 aromatic rings. The van der Waals surface area contributed by atoms with E-state index < -0.39 is 24.2 Å². The predicted octanol–water partition coefficient (Wildman–Crippen LogP) is 4.44. The van der Waals surface area contributed by atoms with E-state index in [-0.39, 0.29) is 23.0 Å². The van der Waals surface area contributed by atoms with E-state index in [4.69, 9.17) is 16.3 Å². The molecule has 1 aromatic heterocycles. The Labute approximate surface area is 170 Å². The number of nitrogens with zero attached hydrogens (tertiary/aromatic N) is 3. The molecule has 10 heteroatoms. The number of benzene rings is 1. The summed E-state index contributed by atoms with van der Waals surface area (Å²) in [5.74, 6) is 0.195. The number of fused-ring (bicyclic) bond motifs is 1. The summed E-state index contributed by atoms with van der Waals surface area (Å²) in [4.78, 5) is 14.3. The second kappa shape index (κ2) is 7.44. The van der Waals surface area contributed by atoms with Crippen molar-refractivity contribution >= 4 is 23.3 Å². The molecule has 1 saturated heterocycles. The van der Waals surface area contributed by atoms with E-state index >= 15 is 0 Å². The Bertz CT molecular complexity index is 907. The van der Waals surface area contributed by atoms with Gasteiger partial charge in [-0.15, -0.1) is 0 Å². The Kier molecular flexibility index (Phi) is 5.10. The number of carbonyl (C=O) groups excluding carboxylic acids is 1. The molecule has 0 bridgehead atoms. The van der Waals surface area contributed by atoms with Gasteiger partial charge in [-0.3, -0.25) is 4.79 Å². The Hall–Kier alpha value is -2.42. The van der Waals surface area contributed by atoms with Crippen LogP contribution in [-0.2, 0) is 0 Å². The number of anilines is 1. The summed E-state index contributed by atoms with van der Waals surface area (Å²) < 4.78 is 47.4. The van der Waals surface area contributed by atoms with Crippen molar-refractivity contribution in [1.29, 1.82) is 0 Å². The van der Waals surface area contributed by atoms with Crippen molar-refractivity contribution in [3.8, 4) is 5.75 Å². The fourth-order valence-corrected chi connectivity index (χ4v) is 4.11. The van der Waals surface area contributed by atoms with Crippen LogP contribution in [0.15, 0.2) is 24.3 Å². The number of ether oxygens (including phenoxy) is 1. The van der Waals surface area contributed by atoms with Crippen LogP contribution in [0.4, 0.5) is 19.0 Å². The first kappa shape index (κ1) is 19.9. The van der Waals surface area contributed by atoms with E-state index in [1.54, 1.807) is 29.2 Å². The van der Waals surface area contributed by atoms with Crippen molar-refractivity contribution in [1.82, 2.24) is 14.7 Å². The van der Waals surface area contributed by atoms with Crippen molar-refractivity contribution < 1.29 is 22.7 Å². The molecule has 0 radical (unpaired) electrons. The number of methoxy groups -OCH3 is 1. The van der Waals surface area contributed by atoms with Gasteiger partial charge in [-0.05, 0) is 30.5 Å². The van der Waals surface area contributed by atoms with Gasteiger partial charge in [-0.2, -0.15) is 18.3 Å². The molecule has 1 aromatic carbocycles. The first-order valence-electron chi connectivity index (χ1n) is 9.34. The molecule has 29 heavy (non-hydrogen) atoms. The molecule has 6 nitrogen and oxygen atoms in total. The topological polar surface area (TPSA) is 59.4 Å². The summed E-state index contributed by atoms with van der Waals surface area (Å²) >= 11 is 6.35. The fraction of sp³-hybridized carbons (Fsp3) is 0.474. The molecule has 156 valence electrons. The lowest BCUT2D eigenvalue weighted by Gasteiger charge is -2.33. The molecule has 0 aliphatic carbocycles. The molecule has 1 fully saturated rings. The molecule has 0 spiro atoms.